The highest BCUT2D eigenvalue weighted by molar-refractivity contribution is 5.91. The van der Waals surface area contributed by atoms with Crippen molar-refractivity contribution >= 4 is 16.7 Å². The lowest BCUT2D eigenvalue weighted by Gasteiger charge is -2.32. The standard InChI is InChI=1S/C14H15NO4/c1-8-6-12(16)19-13-10(8)4-5-11-14(13)18-9(2)7-15(11)17-3/h4-6,9H,7H2,1-3H3. The van der Waals surface area contributed by atoms with Crippen LogP contribution < -0.4 is 15.4 Å². The molecule has 0 N–H and O–H groups in total. The summed E-state index contributed by atoms with van der Waals surface area (Å²) in [7, 11) is 1.61. The molecule has 0 aliphatic carbocycles. The number of rotatable bonds is 1. The van der Waals surface area contributed by atoms with E-state index in [1.807, 2.05) is 26.0 Å². The molecule has 100 valence electrons. The second kappa shape index (κ2) is 4.28. The van der Waals surface area contributed by atoms with Gasteiger partial charge in [0, 0.05) is 11.5 Å². The number of hydrogen-bond donors (Lipinski definition) is 0. The predicted octanol–water partition coefficient (Wildman–Crippen LogP) is 2.25. The van der Waals surface area contributed by atoms with E-state index in [9.17, 15) is 4.79 Å². The van der Waals surface area contributed by atoms with Crippen molar-refractivity contribution in [2.24, 2.45) is 0 Å². The van der Waals surface area contributed by atoms with Crippen molar-refractivity contribution in [2.45, 2.75) is 20.0 Å². The molecule has 0 spiro atoms. The lowest BCUT2D eigenvalue weighted by atomic mass is 10.1. The molecular formula is C14H15NO4. The van der Waals surface area contributed by atoms with Crippen LogP contribution >= 0.6 is 0 Å². The number of benzene rings is 1. The molecule has 1 unspecified atom stereocenters. The van der Waals surface area contributed by atoms with Crippen LogP contribution in [0.4, 0.5) is 5.69 Å². The first-order valence-electron chi connectivity index (χ1n) is 6.16. The van der Waals surface area contributed by atoms with E-state index in [0.29, 0.717) is 17.9 Å². The quantitative estimate of drug-likeness (QED) is 0.737. The van der Waals surface area contributed by atoms with E-state index in [2.05, 4.69) is 0 Å². The second-order valence-corrected chi connectivity index (χ2v) is 4.71. The third kappa shape index (κ3) is 1.86. The fraction of sp³-hybridized carbons (Fsp3) is 0.357. The van der Waals surface area contributed by atoms with Gasteiger partial charge < -0.3 is 9.15 Å². The Labute approximate surface area is 110 Å². The number of fused-ring (bicyclic) bond motifs is 3. The summed E-state index contributed by atoms with van der Waals surface area (Å²) in [5, 5.41) is 2.62. The molecule has 0 bridgehead atoms. The van der Waals surface area contributed by atoms with Crippen molar-refractivity contribution in [3.63, 3.8) is 0 Å². The van der Waals surface area contributed by atoms with E-state index in [1.54, 1.807) is 12.2 Å². The van der Waals surface area contributed by atoms with Crippen LogP contribution in [0.25, 0.3) is 11.0 Å². The second-order valence-electron chi connectivity index (χ2n) is 4.71. The van der Waals surface area contributed by atoms with Gasteiger partial charge in [-0.05, 0) is 31.5 Å². The Morgan fingerprint density at radius 3 is 2.95 bits per heavy atom. The maximum absolute atomic E-state index is 11.6. The van der Waals surface area contributed by atoms with E-state index >= 15 is 0 Å². The first kappa shape index (κ1) is 12.0. The molecule has 2 aromatic rings. The van der Waals surface area contributed by atoms with Gasteiger partial charge >= 0.3 is 5.63 Å². The normalized spacial score (nSPS) is 18.3. The summed E-state index contributed by atoms with van der Waals surface area (Å²) >= 11 is 0. The first-order valence-corrected chi connectivity index (χ1v) is 6.16. The Morgan fingerprint density at radius 1 is 1.42 bits per heavy atom. The lowest BCUT2D eigenvalue weighted by molar-refractivity contribution is 0.106. The zero-order valence-corrected chi connectivity index (χ0v) is 11.1. The molecule has 1 aliphatic heterocycles. The summed E-state index contributed by atoms with van der Waals surface area (Å²) < 4.78 is 11.2. The van der Waals surface area contributed by atoms with Crippen LogP contribution in [0.2, 0.25) is 0 Å². The molecule has 0 radical (unpaired) electrons. The van der Waals surface area contributed by atoms with Gasteiger partial charge in [0.25, 0.3) is 0 Å². The summed E-state index contributed by atoms with van der Waals surface area (Å²) in [6.45, 7) is 4.46. The molecule has 19 heavy (non-hydrogen) atoms. The minimum Gasteiger partial charge on any atom is -0.483 e. The molecule has 1 aromatic heterocycles. The van der Waals surface area contributed by atoms with Gasteiger partial charge in [0.05, 0.1) is 13.7 Å². The van der Waals surface area contributed by atoms with Gasteiger partial charge in [-0.1, -0.05) is 0 Å². The number of ether oxygens (including phenoxy) is 1. The van der Waals surface area contributed by atoms with Crippen LogP contribution in [0.3, 0.4) is 0 Å². The Balaban J connectivity index is 2.33. The van der Waals surface area contributed by atoms with Gasteiger partial charge in [0.15, 0.2) is 11.3 Å². The topological polar surface area (TPSA) is 51.9 Å². The molecule has 3 rings (SSSR count). The molecule has 0 saturated carbocycles. The van der Waals surface area contributed by atoms with Gasteiger partial charge in [0.2, 0.25) is 0 Å². The Bertz CT molecular complexity index is 692. The number of hydrogen-bond acceptors (Lipinski definition) is 5. The summed E-state index contributed by atoms with van der Waals surface area (Å²) in [4.78, 5) is 16.9. The minimum atomic E-state index is -0.371. The molecular weight excluding hydrogens is 246 g/mol. The van der Waals surface area contributed by atoms with E-state index in [1.165, 1.54) is 6.07 Å². The Kier molecular flexibility index (Phi) is 2.71. The number of nitrogens with zero attached hydrogens (tertiary/aromatic N) is 1. The predicted molar refractivity (Wildman–Crippen MR) is 71.7 cm³/mol. The van der Waals surface area contributed by atoms with Crippen molar-refractivity contribution in [3.8, 4) is 5.75 Å². The van der Waals surface area contributed by atoms with Crippen LogP contribution in [-0.4, -0.2) is 19.8 Å². The van der Waals surface area contributed by atoms with Crippen LogP contribution in [0.5, 0.6) is 5.75 Å². The van der Waals surface area contributed by atoms with Crippen molar-refractivity contribution in [1.29, 1.82) is 0 Å². The zero-order valence-electron chi connectivity index (χ0n) is 11.1. The van der Waals surface area contributed by atoms with Gasteiger partial charge in [0.1, 0.15) is 11.8 Å². The fourth-order valence-electron chi connectivity index (χ4n) is 2.40. The Hall–Kier alpha value is -2.01. The molecule has 1 atom stereocenters. The first-order chi connectivity index (χ1) is 9.10. The van der Waals surface area contributed by atoms with Crippen molar-refractivity contribution in [3.05, 3.63) is 34.2 Å². The molecule has 5 heteroatoms. The zero-order chi connectivity index (χ0) is 13.6. The van der Waals surface area contributed by atoms with Crippen molar-refractivity contribution in [2.75, 3.05) is 18.7 Å². The summed E-state index contributed by atoms with van der Waals surface area (Å²) in [6, 6.07) is 5.31. The van der Waals surface area contributed by atoms with Crippen LogP contribution in [0.1, 0.15) is 12.5 Å². The number of anilines is 1. The molecule has 5 nitrogen and oxygen atoms in total. The molecule has 2 heterocycles. The van der Waals surface area contributed by atoms with Crippen LogP contribution in [0, 0.1) is 6.92 Å². The highest BCUT2D eigenvalue weighted by atomic mass is 16.7. The van der Waals surface area contributed by atoms with Gasteiger partial charge in [-0.3, -0.25) is 4.84 Å². The van der Waals surface area contributed by atoms with E-state index in [-0.39, 0.29) is 11.7 Å². The smallest absolute Gasteiger partial charge is 0.336 e. The van der Waals surface area contributed by atoms with Gasteiger partial charge in [-0.15, -0.1) is 0 Å². The van der Waals surface area contributed by atoms with E-state index in [0.717, 1.165) is 16.6 Å². The maximum atomic E-state index is 11.6. The molecule has 0 amide bonds. The minimum absolute atomic E-state index is 0.0381. The van der Waals surface area contributed by atoms with Crippen LogP contribution in [0.15, 0.2) is 27.4 Å². The van der Waals surface area contributed by atoms with Crippen LogP contribution in [-0.2, 0) is 4.84 Å². The van der Waals surface area contributed by atoms with Crippen molar-refractivity contribution < 1.29 is 14.0 Å². The average Bonchev–Trinajstić information content (AvgIpc) is 2.37. The molecule has 1 aromatic carbocycles. The average molecular weight is 261 g/mol. The van der Waals surface area contributed by atoms with Gasteiger partial charge in [-0.25, -0.2) is 9.86 Å². The fourth-order valence-corrected chi connectivity index (χ4v) is 2.40. The highest BCUT2D eigenvalue weighted by Gasteiger charge is 2.26. The largest absolute Gasteiger partial charge is 0.483 e. The SMILES string of the molecule is CON1CC(C)Oc2c1ccc1c(C)cc(=O)oc21. The maximum Gasteiger partial charge on any atom is 0.336 e. The van der Waals surface area contributed by atoms with E-state index < -0.39 is 0 Å². The third-order valence-corrected chi connectivity index (χ3v) is 3.28. The summed E-state index contributed by atoms with van der Waals surface area (Å²) in [6.07, 6.45) is -0.0381. The number of hydroxylamine groups is 1. The highest BCUT2D eigenvalue weighted by Crippen LogP contribution is 2.40. The van der Waals surface area contributed by atoms with Gasteiger partial charge in [-0.2, -0.15) is 0 Å². The van der Waals surface area contributed by atoms with Crippen molar-refractivity contribution in [1.82, 2.24) is 0 Å². The lowest BCUT2D eigenvalue weighted by Crippen LogP contribution is -2.37. The third-order valence-electron chi connectivity index (χ3n) is 3.28. The number of aryl methyl sites for hydroxylation is 1. The molecule has 0 fully saturated rings. The van der Waals surface area contributed by atoms with E-state index in [4.69, 9.17) is 14.0 Å². The monoisotopic (exact) mass is 261 g/mol. The molecule has 0 saturated heterocycles. The summed E-state index contributed by atoms with van der Waals surface area (Å²) in [5.41, 5.74) is 1.77. The summed E-state index contributed by atoms with van der Waals surface area (Å²) in [5.74, 6) is 0.568. The Morgan fingerprint density at radius 2 is 2.21 bits per heavy atom. The molecule has 1 aliphatic rings.